The molecule has 0 fully saturated rings. The SMILES string of the molecule is CCC(C(=O)Nc1cn2cc(OC(=O)OC)ccc2n1)n1cc(OC)c(-c2cc(Cl)ccc2C#N)cc1=O. The first kappa shape index (κ1) is 26.2. The third-order valence-corrected chi connectivity index (χ3v) is 5.96. The van der Waals surface area contributed by atoms with E-state index in [1.807, 2.05) is 0 Å². The number of ether oxygens (including phenoxy) is 3. The average Bonchev–Trinajstić information content (AvgIpc) is 3.31. The van der Waals surface area contributed by atoms with Gasteiger partial charge in [0.25, 0.3) is 5.56 Å². The number of hydrogen-bond acceptors (Lipinski definition) is 8. The molecule has 11 nitrogen and oxygen atoms in total. The second-order valence-electron chi connectivity index (χ2n) is 8.03. The topological polar surface area (TPSA) is 137 Å². The van der Waals surface area contributed by atoms with Crippen molar-refractivity contribution in [2.75, 3.05) is 19.5 Å². The summed E-state index contributed by atoms with van der Waals surface area (Å²) in [7, 11) is 2.63. The number of methoxy groups -OCH3 is 2. The minimum atomic E-state index is -0.886. The minimum Gasteiger partial charge on any atom is -0.495 e. The Morgan fingerprint density at radius 1 is 1.13 bits per heavy atom. The molecule has 4 aromatic rings. The molecule has 1 aromatic carbocycles. The van der Waals surface area contributed by atoms with Gasteiger partial charge in [0, 0.05) is 22.2 Å². The molecular formula is C26H22ClN5O6. The number of nitriles is 1. The summed E-state index contributed by atoms with van der Waals surface area (Å²) in [4.78, 5) is 42.1. The zero-order chi connectivity index (χ0) is 27.4. The number of pyridine rings is 2. The molecule has 194 valence electrons. The van der Waals surface area contributed by atoms with Gasteiger partial charge in [-0.3, -0.25) is 14.2 Å². The summed E-state index contributed by atoms with van der Waals surface area (Å²) >= 11 is 6.13. The van der Waals surface area contributed by atoms with Crippen LogP contribution in [0.4, 0.5) is 10.6 Å². The standard InChI is InChI=1S/C26H22ClN5O6/c1-4-20(25(34)30-22-14-31-12-17(38-26(35)37-3)7-8-23(31)29-22)32-13-21(36-2)19(10-24(32)33)18-9-16(27)6-5-15(18)11-28/h5-10,12-14,20H,4H2,1-3H3,(H,30,34). The predicted molar refractivity (Wildman–Crippen MR) is 139 cm³/mol. The largest absolute Gasteiger partial charge is 0.513 e. The van der Waals surface area contributed by atoms with Crippen molar-refractivity contribution in [2.24, 2.45) is 0 Å². The number of rotatable bonds is 7. The van der Waals surface area contributed by atoms with Crippen LogP contribution in [0.15, 0.2) is 59.8 Å². The highest BCUT2D eigenvalue weighted by Gasteiger charge is 2.23. The van der Waals surface area contributed by atoms with E-state index in [1.54, 1.807) is 41.8 Å². The molecule has 1 amide bonds. The summed E-state index contributed by atoms with van der Waals surface area (Å²) < 4.78 is 17.8. The number of benzene rings is 1. The molecule has 0 saturated heterocycles. The zero-order valence-electron chi connectivity index (χ0n) is 20.6. The molecule has 0 aliphatic rings. The van der Waals surface area contributed by atoms with Gasteiger partial charge in [-0.05, 0) is 36.8 Å². The first-order chi connectivity index (χ1) is 18.3. The lowest BCUT2D eigenvalue weighted by Crippen LogP contribution is -2.32. The first-order valence-corrected chi connectivity index (χ1v) is 11.7. The van der Waals surface area contributed by atoms with Crippen LogP contribution in [0.25, 0.3) is 16.8 Å². The fraction of sp³-hybridized carbons (Fsp3) is 0.192. The van der Waals surface area contributed by atoms with Gasteiger partial charge in [-0.1, -0.05) is 18.5 Å². The Bertz CT molecular complexity index is 1640. The van der Waals surface area contributed by atoms with Crippen LogP contribution in [-0.4, -0.2) is 40.2 Å². The number of carbonyl (C=O) groups excluding carboxylic acids is 2. The molecule has 12 heteroatoms. The molecule has 38 heavy (non-hydrogen) atoms. The molecule has 0 bridgehead atoms. The lowest BCUT2D eigenvalue weighted by Gasteiger charge is -2.19. The van der Waals surface area contributed by atoms with Crippen LogP contribution < -0.4 is 20.3 Å². The number of nitrogens with zero attached hydrogens (tertiary/aromatic N) is 4. The number of amides is 1. The van der Waals surface area contributed by atoms with Crippen LogP contribution >= 0.6 is 11.6 Å². The van der Waals surface area contributed by atoms with Gasteiger partial charge in [0.15, 0.2) is 11.6 Å². The Morgan fingerprint density at radius 2 is 1.92 bits per heavy atom. The highest BCUT2D eigenvalue weighted by molar-refractivity contribution is 6.31. The molecule has 0 aliphatic heterocycles. The lowest BCUT2D eigenvalue weighted by molar-refractivity contribution is -0.119. The molecule has 3 heterocycles. The maximum Gasteiger partial charge on any atom is 0.513 e. The number of carbonyl (C=O) groups is 2. The molecule has 4 rings (SSSR count). The van der Waals surface area contributed by atoms with E-state index in [1.165, 1.54) is 43.3 Å². The third kappa shape index (κ3) is 5.30. The number of fused-ring (bicyclic) bond motifs is 1. The zero-order valence-corrected chi connectivity index (χ0v) is 21.4. The Balaban J connectivity index is 1.64. The van der Waals surface area contributed by atoms with E-state index in [9.17, 15) is 19.6 Å². The second-order valence-corrected chi connectivity index (χ2v) is 8.47. The van der Waals surface area contributed by atoms with Crippen molar-refractivity contribution in [3.63, 3.8) is 0 Å². The molecule has 1 unspecified atom stereocenters. The summed E-state index contributed by atoms with van der Waals surface area (Å²) in [6, 6.07) is 10.4. The van der Waals surface area contributed by atoms with Crippen LogP contribution in [0.5, 0.6) is 11.5 Å². The Hall–Kier alpha value is -4.82. The Labute approximate surface area is 221 Å². The van der Waals surface area contributed by atoms with E-state index in [2.05, 4.69) is 21.1 Å². The maximum absolute atomic E-state index is 13.2. The minimum absolute atomic E-state index is 0.226. The summed E-state index contributed by atoms with van der Waals surface area (Å²) in [6.45, 7) is 1.77. The molecule has 0 radical (unpaired) electrons. The van der Waals surface area contributed by atoms with Gasteiger partial charge in [0.2, 0.25) is 5.91 Å². The van der Waals surface area contributed by atoms with Crippen LogP contribution in [0.1, 0.15) is 24.9 Å². The van der Waals surface area contributed by atoms with Crippen molar-refractivity contribution in [2.45, 2.75) is 19.4 Å². The van der Waals surface area contributed by atoms with Crippen molar-refractivity contribution in [3.05, 3.63) is 75.9 Å². The van der Waals surface area contributed by atoms with E-state index in [0.717, 1.165) is 0 Å². The molecule has 0 aliphatic carbocycles. The molecule has 1 atom stereocenters. The summed E-state index contributed by atoms with van der Waals surface area (Å²) in [6.07, 6.45) is 3.91. The Morgan fingerprint density at radius 3 is 2.61 bits per heavy atom. The second kappa shape index (κ2) is 11.1. The molecular weight excluding hydrogens is 514 g/mol. The average molecular weight is 536 g/mol. The van der Waals surface area contributed by atoms with E-state index in [4.69, 9.17) is 21.1 Å². The number of aromatic nitrogens is 3. The lowest BCUT2D eigenvalue weighted by atomic mass is 10.00. The van der Waals surface area contributed by atoms with Gasteiger partial charge in [0.1, 0.15) is 17.4 Å². The molecule has 1 N–H and O–H groups in total. The van der Waals surface area contributed by atoms with Crippen LogP contribution in [0.2, 0.25) is 5.02 Å². The van der Waals surface area contributed by atoms with Crippen molar-refractivity contribution < 1.29 is 23.8 Å². The maximum atomic E-state index is 13.2. The third-order valence-electron chi connectivity index (χ3n) is 5.72. The fourth-order valence-electron chi connectivity index (χ4n) is 3.93. The van der Waals surface area contributed by atoms with Crippen LogP contribution in [0.3, 0.4) is 0 Å². The van der Waals surface area contributed by atoms with E-state index in [0.29, 0.717) is 39.5 Å². The van der Waals surface area contributed by atoms with Crippen molar-refractivity contribution in [3.8, 4) is 28.7 Å². The van der Waals surface area contributed by atoms with Crippen LogP contribution in [-0.2, 0) is 9.53 Å². The van der Waals surface area contributed by atoms with Crippen LogP contribution in [0, 0.1) is 11.3 Å². The summed E-state index contributed by atoms with van der Waals surface area (Å²) in [5.41, 5.74) is 1.17. The smallest absolute Gasteiger partial charge is 0.495 e. The van der Waals surface area contributed by atoms with Gasteiger partial charge in [-0.2, -0.15) is 5.26 Å². The normalized spacial score (nSPS) is 11.4. The van der Waals surface area contributed by atoms with Crippen molar-refractivity contribution >= 4 is 35.1 Å². The highest BCUT2D eigenvalue weighted by Crippen LogP contribution is 2.33. The van der Waals surface area contributed by atoms with E-state index in [-0.39, 0.29) is 11.6 Å². The van der Waals surface area contributed by atoms with Gasteiger partial charge < -0.3 is 23.9 Å². The van der Waals surface area contributed by atoms with E-state index < -0.39 is 23.7 Å². The Kier molecular flexibility index (Phi) is 7.64. The van der Waals surface area contributed by atoms with Crippen molar-refractivity contribution in [1.82, 2.24) is 14.0 Å². The van der Waals surface area contributed by atoms with Gasteiger partial charge in [0.05, 0.1) is 44.4 Å². The highest BCUT2D eigenvalue weighted by atomic mass is 35.5. The fourth-order valence-corrected chi connectivity index (χ4v) is 4.10. The van der Waals surface area contributed by atoms with Gasteiger partial charge in [-0.15, -0.1) is 0 Å². The number of hydrogen-bond donors (Lipinski definition) is 1. The van der Waals surface area contributed by atoms with E-state index >= 15 is 0 Å². The quantitative estimate of drug-likeness (QED) is 0.343. The van der Waals surface area contributed by atoms with Crippen molar-refractivity contribution in [1.29, 1.82) is 5.26 Å². The summed E-state index contributed by atoms with van der Waals surface area (Å²) in [5.74, 6) is 0.279. The first-order valence-electron chi connectivity index (χ1n) is 11.3. The molecule has 3 aromatic heterocycles. The number of anilines is 1. The predicted octanol–water partition coefficient (Wildman–Crippen LogP) is 4.43. The van der Waals surface area contributed by atoms with Gasteiger partial charge in [-0.25, -0.2) is 9.78 Å². The van der Waals surface area contributed by atoms with Gasteiger partial charge >= 0.3 is 6.16 Å². The monoisotopic (exact) mass is 535 g/mol. The number of halogens is 1. The number of imidazole rings is 1. The summed E-state index contributed by atoms with van der Waals surface area (Å²) in [5, 5.41) is 12.6. The number of nitrogens with one attached hydrogen (secondary N) is 1. The molecule has 0 saturated carbocycles. The molecule has 0 spiro atoms.